The molecule has 3 rings (SSSR count). The molecule has 2 saturated heterocycles. The lowest BCUT2D eigenvalue weighted by molar-refractivity contribution is -0.117. The molecule has 0 bridgehead atoms. The zero-order valence-electron chi connectivity index (χ0n) is 6.11. The molecule has 1 aliphatic carbocycles. The van der Waals surface area contributed by atoms with Crippen LogP contribution in [0.25, 0.3) is 0 Å². The molecular formula is C8H8OS2. The monoisotopic (exact) mass is 184 g/mol. The largest absolute Gasteiger partial charge is 0.298 e. The Morgan fingerprint density at radius 1 is 1.64 bits per heavy atom. The fraction of sp³-hybridized carbons (Fsp3) is 0.625. The topological polar surface area (TPSA) is 17.1 Å². The van der Waals surface area contributed by atoms with Crippen LogP contribution in [0, 0.1) is 0 Å². The first-order chi connectivity index (χ1) is 5.24. The predicted molar refractivity (Wildman–Crippen MR) is 49.1 cm³/mol. The summed E-state index contributed by atoms with van der Waals surface area (Å²) in [6.45, 7) is 1.71. The smallest absolute Gasteiger partial charge is 0.150 e. The molecule has 0 spiro atoms. The number of fused-ring (bicyclic) bond motifs is 3. The average Bonchev–Trinajstić information content (AvgIpc) is 2.81. The van der Waals surface area contributed by atoms with Crippen LogP contribution in [0.15, 0.2) is 12.2 Å². The fourth-order valence-corrected chi connectivity index (χ4v) is 4.76. The lowest BCUT2D eigenvalue weighted by Crippen LogP contribution is -2.27. The average molecular weight is 184 g/mol. The van der Waals surface area contributed by atoms with Crippen LogP contribution in [0.3, 0.4) is 0 Å². The van der Waals surface area contributed by atoms with Gasteiger partial charge in [0.05, 0.1) is 0 Å². The van der Waals surface area contributed by atoms with E-state index >= 15 is 0 Å². The van der Waals surface area contributed by atoms with E-state index in [0.717, 1.165) is 10.5 Å². The molecule has 2 heterocycles. The number of carbonyl (C=O) groups excluding carboxylic acids is 1. The van der Waals surface area contributed by atoms with Crippen LogP contribution < -0.4 is 0 Å². The van der Waals surface area contributed by atoms with Crippen molar-refractivity contribution in [2.75, 3.05) is 0 Å². The number of ketones is 1. The van der Waals surface area contributed by atoms with Gasteiger partial charge in [-0.1, -0.05) is 12.2 Å². The lowest BCUT2D eigenvalue weighted by atomic mass is 9.93. The molecule has 4 atom stereocenters. The predicted octanol–water partition coefficient (Wildman–Crippen LogP) is 1.48. The molecule has 2 fully saturated rings. The zero-order valence-corrected chi connectivity index (χ0v) is 7.74. The SMILES string of the molecule is CC(=O)C12C=CC3SC3C1S2. The molecule has 3 heteroatoms. The van der Waals surface area contributed by atoms with Crippen molar-refractivity contribution in [1.29, 1.82) is 0 Å². The van der Waals surface area contributed by atoms with Gasteiger partial charge < -0.3 is 0 Å². The van der Waals surface area contributed by atoms with E-state index in [2.05, 4.69) is 12.2 Å². The van der Waals surface area contributed by atoms with Crippen molar-refractivity contribution in [2.24, 2.45) is 0 Å². The summed E-state index contributed by atoms with van der Waals surface area (Å²) < 4.78 is -0.0648. The molecule has 0 N–H and O–H groups in total. The van der Waals surface area contributed by atoms with Gasteiger partial charge in [-0.2, -0.15) is 0 Å². The Morgan fingerprint density at radius 3 is 3.18 bits per heavy atom. The second-order valence-corrected chi connectivity index (χ2v) is 6.09. The second kappa shape index (κ2) is 1.72. The highest BCUT2D eigenvalue weighted by atomic mass is 32.2. The van der Waals surface area contributed by atoms with Gasteiger partial charge >= 0.3 is 0 Å². The Morgan fingerprint density at radius 2 is 2.45 bits per heavy atom. The van der Waals surface area contributed by atoms with Crippen LogP contribution in [-0.4, -0.2) is 26.3 Å². The van der Waals surface area contributed by atoms with E-state index in [1.54, 1.807) is 6.92 Å². The fourth-order valence-electron chi connectivity index (χ4n) is 1.79. The van der Waals surface area contributed by atoms with Gasteiger partial charge in [-0.3, -0.25) is 4.79 Å². The third kappa shape index (κ3) is 0.687. The summed E-state index contributed by atoms with van der Waals surface area (Å²) in [7, 11) is 0. The van der Waals surface area contributed by atoms with Gasteiger partial charge in [0.25, 0.3) is 0 Å². The van der Waals surface area contributed by atoms with Gasteiger partial charge in [-0.05, 0) is 6.92 Å². The molecule has 0 amide bonds. The summed E-state index contributed by atoms with van der Waals surface area (Å²) >= 11 is 3.85. The van der Waals surface area contributed by atoms with E-state index < -0.39 is 0 Å². The van der Waals surface area contributed by atoms with E-state index in [-0.39, 0.29) is 4.75 Å². The van der Waals surface area contributed by atoms with Crippen molar-refractivity contribution in [1.82, 2.24) is 0 Å². The summed E-state index contributed by atoms with van der Waals surface area (Å²) in [5, 5.41) is 2.15. The summed E-state index contributed by atoms with van der Waals surface area (Å²) in [6, 6.07) is 0. The van der Waals surface area contributed by atoms with Gasteiger partial charge in [0.2, 0.25) is 0 Å². The number of carbonyl (C=O) groups is 1. The Kier molecular flexibility index (Phi) is 1.03. The van der Waals surface area contributed by atoms with Crippen LogP contribution in [0.2, 0.25) is 0 Å². The Balaban J connectivity index is 1.99. The highest BCUT2D eigenvalue weighted by Crippen LogP contribution is 2.69. The van der Waals surface area contributed by atoms with E-state index in [0.29, 0.717) is 11.0 Å². The van der Waals surface area contributed by atoms with E-state index in [9.17, 15) is 4.79 Å². The standard InChI is InChI=1S/C8H8OS2/c1-4(9)8-3-2-5-6(10-5)7(8)11-8/h2-3,5-7H,1H3. The molecule has 0 aromatic heterocycles. The summed E-state index contributed by atoms with van der Waals surface area (Å²) in [6.07, 6.45) is 4.35. The summed E-state index contributed by atoms with van der Waals surface area (Å²) in [5.41, 5.74) is 0. The van der Waals surface area contributed by atoms with Crippen molar-refractivity contribution in [3.8, 4) is 0 Å². The van der Waals surface area contributed by atoms with Gasteiger partial charge in [0.1, 0.15) is 4.75 Å². The van der Waals surface area contributed by atoms with Crippen LogP contribution in [0.5, 0.6) is 0 Å². The van der Waals surface area contributed by atoms with Crippen molar-refractivity contribution < 1.29 is 4.79 Å². The van der Waals surface area contributed by atoms with Crippen molar-refractivity contribution in [3.05, 3.63) is 12.2 Å². The van der Waals surface area contributed by atoms with Crippen LogP contribution in [0.1, 0.15) is 6.92 Å². The normalized spacial score (nSPS) is 56.3. The maximum atomic E-state index is 11.2. The van der Waals surface area contributed by atoms with Gasteiger partial charge in [-0.25, -0.2) is 0 Å². The third-order valence-corrected chi connectivity index (χ3v) is 5.87. The Hall–Kier alpha value is 0.110. The molecule has 0 saturated carbocycles. The van der Waals surface area contributed by atoms with Crippen LogP contribution in [0.4, 0.5) is 0 Å². The highest BCUT2D eigenvalue weighted by molar-refractivity contribution is 8.14. The molecule has 4 unspecified atom stereocenters. The first-order valence-corrected chi connectivity index (χ1v) is 5.60. The molecule has 0 aromatic rings. The van der Waals surface area contributed by atoms with Crippen molar-refractivity contribution in [2.45, 2.75) is 27.4 Å². The minimum absolute atomic E-state index is 0.0648. The zero-order chi connectivity index (χ0) is 7.64. The third-order valence-electron chi connectivity index (χ3n) is 2.63. The molecule has 0 aromatic carbocycles. The van der Waals surface area contributed by atoms with Crippen LogP contribution in [-0.2, 0) is 4.79 Å². The van der Waals surface area contributed by atoms with E-state index in [4.69, 9.17) is 0 Å². The number of hydrogen-bond donors (Lipinski definition) is 0. The molecular weight excluding hydrogens is 176 g/mol. The van der Waals surface area contributed by atoms with Gasteiger partial charge in [0, 0.05) is 15.7 Å². The lowest BCUT2D eigenvalue weighted by Gasteiger charge is -2.07. The number of thioether (sulfide) groups is 2. The minimum Gasteiger partial charge on any atom is -0.298 e. The maximum Gasteiger partial charge on any atom is 0.150 e. The number of hydrogen-bond acceptors (Lipinski definition) is 3. The Labute approximate surface area is 74.0 Å². The van der Waals surface area contributed by atoms with Crippen molar-refractivity contribution >= 4 is 29.3 Å². The first kappa shape index (κ1) is 6.61. The first-order valence-electron chi connectivity index (χ1n) is 3.78. The molecule has 11 heavy (non-hydrogen) atoms. The Bertz CT molecular complexity index is 273. The van der Waals surface area contributed by atoms with Crippen LogP contribution >= 0.6 is 23.5 Å². The van der Waals surface area contributed by atoms with Crippen molar-refractivity contribution in [3.63, 3.8) is 0 Å². The molecule has 0 radical (unpaired) electrons. The quantitative estimate of drug-likeness (QED) is 0.454. The van der Waals surface area contributed by atoms with Gasteiger partial charge in [0.15, 0.2) is 5.78 Å². The van der Waals surface area contributed by atoms with E-state index in [1.165, 1.54) is 0 Å². The highest BCUT2D eigenvalue weighted by Gasteiger charge is 2.68. The summed E-state index contributed by atoms with van der Waals surface area (Å²) in [4.78, 5) is 11.2. The number of rotatable bonds is 1. The molecule has 58 valence electrons. The maximum absolute atomic E-state index is 11.2. The second-order valence-electron chi connectivity index (χ2n) is 3.31. The molecule has 1 nitrogen and oxygen atoms in total. The van der Waals surface area contributed by atoms with E-state index in [1.807, 2.05) is 23.5 Å². The summed E-state index contributed by atoms with van der Waals surface area (Å²) in [5.74, 6) is 0.342. The van der Waals surface area contributed by atoms with Gasteiger partial charge in [-0.15, -0.1) is 23.5 Å². The number of Topliss-reactive ketones (excluding diaryl/α,β-unsaturated/α-hetero) is 1. The molecule has 3 aliphatic rings. The molecule has 2 aliphatic heterocycles. The minimum atomic E-state index is -0.0648.